The Hall–Kier alpha value is -2.37. The molecule has 2 rings (SSSR count). The average Bonchev–Trinajstić information content (AvgIpc) is 2.76. The zero-order chi connectivity index (χ0) is 15.2. The zero-order valence-corrected chi connectivity index (χ0v) is 12.2. The normalized spacial score (nSPS) is 15.1. The minimum Gasteiger partial charge on any atom is -0.494 e. The van der Waals surface area contributed by atoms with E-state index in [4.69, 9.17) is 4.74 Å². The first-order valence-corrected chi connectivity index (χ1v) is 6.93. The van der Waals surface area contributed by atoms with Gasteiger partial charge >= 0.3 is 6.03 Å². The van der Waals surface area contributed by atoms with Crippen LogP contribution in [0.5, 0.6) is 5.75 Å². The Labute approximate surface area is 123 Å². The summed E-state index contributed by atoms with van der Waals surface area (Å²) in [5, 5.41) is 7.23. The van der Waals surface area contributed by atoms with Gasteiger partial charge in [-0.2, -0.15) is 5.10 Å². The number of imide groups is 1. The van der Waals surface area contributed by atoms with Gasteiger partial charge in [-0.1, -0.05) is 13.8 Å². The lowest BCUT2D eigenvalue weighted by Gasteiger charge is -2.08. The van der Waals surface area contributed by atoms with E-state index in [1.807, 2.05) is 24.3 Å². The molecule has 0 aliphatic carbocycles. The lowest BCUT2D eigenvalue weighted by atomic mass is 10.1. The molecule has 0 spiro atoms. The minimum absolute atomic E-state index is 0.0360. The molecule has 3 amide bonds. The third kappa shape index (κ3) is 4.59. The van der Waals surface area contributed by atoms with Crippen molar-refractivity contribution in [2.75, 3.05) is 13.2 Å². The van der Waals surface area contributed by atoms with Crippen LogP contribution in [0.2, 0.25) is 0 Å². The predicted molar refractivity (Wildman–Crippen MR) is 79.2 cm³/mol. The van der Waals surface area contributed by atoms with Crippen molar-refractivity contribution >= 4 is 18.2 Å². The molecule has 0 aromatic heterocycles. The summed E-state index contributed by atoms with van der Waals surface area (Å²) >= 11 is 0. The first kappa shape index (κ1) is 15.0. The van der Waals surface area contributed by atoms with Crippen LogP contribution in [0.25, 0.3) is 0 Å². The molecule has 1 saturated heterocycles. The Morgan fingerprint density at radius 3 is 2.62 bits per heavy atom. The zero-order valence-electron chi connectivity index (χ0n) is 12.2. The van der Waals surface area contributed by atoms with Crippen LogP contribution in [-0.4, -0.2) is 36.3 Å². The largest absolute Gasteiger partial charge is 0.494 e. The van der Waals surface area contributed by atoms with E-state index in [1.54, 1.807) is 0 Å². The molecule has 6 nitrogen and oxygen atoms in total. The van der Waals surface area contributed by atoms with Crippen LogP contribution in [0.15, 0.2) is 29.4 Å². The third-order valence-electron chi connectivity index (χ3n) is 2.96. The van der Waals surface area contributed by atoms with Gasteiger partial charge in [-0.05, 0) is 42.2 Å². The van der Waals surface area contributed by atoms with E-state index in [0.717, 1.165) is 22.7 Å². The van der Waals surface area contributed by atoms with Crippen LogP contribution in [0.4, 0.5) is 4.79 Å². The smallest absolute Gasteiger partial charge is 0.344 e. The number of benzene rings is 1. The summed E-state index contributed by atoms with van der Waals surface area (Å²) in [5.41, 5.74) is 0.832. The highest BCUT2D eigenvalue weighted by molar-refractivity contribution is 6.02. The van der Waals surface area contributed by atoms with E-state index < -0.39 is 6.03 Å². The van der Waals surface area contributed by atoms with Crippen LogP contribution < -0.4 is 10.1 Å². The maximum atomic E-state index is 11.3. The van der Waals surface area contributed by atoms with Gasteiger partial charge in [-0.15, -0.1) is 0 Å². The van der Waals surface area contributed by atoms with Crippen molar-refractivity contribution in [3.8, 4) is 5.75 Å². The fourth-order valence-electron chi connectivity index (χ4n) is 1.72. The second-order valence-electron chi connectivity index (χ2n) is 5.26. The van der Waals surface area contributed by atoms with Crippen molar-refractivity contribution in [3.63, 3.8) is 0 Å². The molecule has 112 valence electrons. The number of nitrogens with one attached hydrogen (secondary N) is 1. The third-order valence-corrected chi connectivity index (χ3v) is 2.96. The minimum atomic E-state index is -0.495. The van der Waals surface area contributed by atoms with Crippen molar-refractivity contribution in [1.82, 2.24) is 10.3 Å². The second kappa shape index (κ2) is 6.88. The lowest BCUT2D eigenvalue weighted by molar-refractivity contribution is -0.118. The molecule has 1 aromatic carbocycles. The van der Waals surface area contributed by atoms with E-state index in [-0.39, 0.29) is 12.5 Å². The summed E-state index contributed by atoms with van der Waals surface area (Å²) < 4.78 is 5.62. The van der Waals surface area contributed by atoms with Crippen molar-refractivity contribution in [2.45, 2.75) is 20.3 Å². The number of carbonyl (C=O) groups is 2. The Bertz CT molecular complexity index is 538. The summed E-state index contributed by atoms with van der Waals surface area (Å²) in [5.74, 6) is 1.08. The quantitative estimate of drug-likeness (QED) is 0.643. The fraction of sp³-hybridized carbons (Fsp3) is 0.400. The molecule has 1 aromatic rings. The van der Waals surface area contributed by atoms with E-state index in [9.17, 15) is 9.59 Å². The Kier molecular flexibility index (Phi) is 4.92. The highest BCUT2D eigenvalue weighted by Crippen LogP contribution is 2.12. The molecule has 1 N–H and O–H groups in total. The monoisotopic (exact) mass is 289 g/mol. The van der Waals surface area contributed by atoms with Gasteiger partial charge in [-0.25, -0.2) is 9.80 Å². The number of hydrogen-bond acceptors (Lipinski definition) is 4. The van der Waals surface area contributed by atoms with Crippen LogP contribution in [0, 0.1) is 5.92 Å². The molecule has 1 aliphatic rings. The maximum Gasteiger partial charge on any atom is 0.344 e. The van der Waals surface area contributed by atoms with Crippen LogP contribution in [0.3, 0.4) is 0 Å². The molecule has 0 atom stereocenters. The van der Waals surface area contributed by atoms with Crippen LogP contribution in [0.1, 0.15) is 25.8 Å². The number of urea groups is 1. The van der Waals surface area contributed by atoms with Gasteiger partial charge in [0.2, 0.25) is 5.91 Å². The molecular weight excluding hydrogens is 270 g/mol. The highest BCUT2D eigenvalue weighted by Gasteiger charge is 2.25. The van der Waals surface area contributed by atoms with Gasteiger partial charge in [0.15, 0.2) is 0 Å². The first-order chi connectivity index (χ1) is 10.0. The maximum absolute atomic E-state index is 11.3. The molecule has 21 heavy (non-hydrogen) atoms. The number of hydrazone groups is 1. The molecule has 0 bridgehead atoms. The summed E-state index contributed by atoms with van der Waals surface area (Å²) in [6.07, 6.45) is 2.55. The van der Waals surface area contributed by atoms with E-state index in [2.05, 4.69) is 24.3 Å². The first-order valence-electron chi connectivity index (χ1n) is 6.93. The van der Waals surface area contributed by atoms with Gasteiger partial charge < -0.3 is 4.74 Å². The van der Waals surface area contributed by atoms with Crippen molar-refractivity contribution in [1.29, 1.82) is 0 Å². The number of amides is 3. The van der Waals surface area contributed by atoms with Gasteiger partial charge in [0, 0.05) is 0 Å². The van der Waals surface area contributed by atoms with E-state index in [1.165, 1.54) is 6.21 Å². The Morgan fingerprint density at radius 2 is 2.05 bits per heavy atom. The second-order valence-corrected chi connectivity index (χ2v) is 5.26. The molecule has 6 heteroatoms. The van der Waals surface area contributed by atoms with Crippen molar-refractivity contribution < 1.29 is 14.3 Å². The highest BCUT2D eigenvalue weighted by atomic mass is 16.5. The fourth-order valence-corrected chi connectivity index (χ4v) is 1.72. The summed E-state index contributed by atoms with van der Waals surface area (Å²) in [7, 11) is 0. The number of ether oxygens (including phenoxy) is 1. The van der Waals surface area contributed by atoms with Gasteiger partial charge in [0.1, 0.15) is 12.3 Å². The van der Waals surface area contributed by atoms with Crippen LogP contribution in [-0.2, 0) is 4.79 Å². The van der Waals surface area contributed by atoms with Gasteiger partial charge in [0.05, 0.1) is 12.8 Å². The predicted octanol–water partition coefficient (Wildman–Crippen LogP) is 2.00. The number of hydrogen-bond donors (Lipinski definition) is 1. The lowest BCUT2D eigenvalue weighted by Crippen LogP contribution is -2.24. The molecule has 1 heterocycles. The standard InChI is InChI=1S/C15H19N3O3/c1-11(2)7-8-21-13-5-3-12(4-6-13)9-16-18-10-14(19)17-15(18)20/h3-6,9,11H,7-8,10H2,1-2H3,(H,17,19,20)/b16-9+. The number of rotatable bonds is 6. The van der Waals surface area contributed by atoms with Crippen molar-refractivity contribution in [3.05, 3.63) is 29.8 Å². The molecule has 0 radical (unpaired) electrons. The molecule has 1 aliphatic heterocycles. The Morgan fingerprint density at radius 1 is 1.33 bits per heavy atom. The molecule has 0 saturated carbocycles. The summed E-state index contributed by atoms with van der Waals surface area (Å²) in [4.78, 5) is 22.3. The SMILES string of the molecule is CC(C)CCOc1ccc(/C=N/N2CC(=O)NC2=O)cc1. The van der Waals surface area contributed by atoms with E-state index >= 15 is 0 Å². The van der Waals surface area contributed by atoms with Gasteiger partial charge in [0.25, 0.3) is 0 Å². The van der Waals surface area contributed by atoms with E-state index in [0.29, 0.717) is 12.5 Å². The van der Waals surface area contributed by atoms with Crippen LogP contribution >= 0.6 is 0 Å². The topological polar surface area (TPSA) is 71.0 Å². The number of nitrogens with zero attached hydrogens (tertiary/aromatic N) is 2. The van der Waals surface area contributed by atoms with Crippen molar-refractivity contribution in [2.24, 2.45) is 11.0 Å². The molecule has 1 fully saturated rings. The molecular formula is C15H19N3O3. The average molecular weight is 289 g/mol. The summed E-state index contributed by atoms with van der Waals surface area (Å²) in [6, 6.07) is 6.92. The Balaban J connectivity index is 1.87. The van der Waals surface area contributed by atoms with Gasteiger partial charge in [-0.3, -0.25) is 10.1 Å². The number of carbonyl (C=O) groups excluding carboxylic acids is 2. The summed E-state index contributed by atoms with van der Waals surface area (Å²) in [6.45, 7) is 4.97. The molecule has 0 unspecified atom stereocenters.